The van der Waals surface area contributed by atoms with Crippen molar-refractivity contribution in [1.29, 1.82) is 0 Å². The number of aryl methyl sites for hydroxylation is 2. The van der Waals surface area contributed by atoms with Crippen LogP contribution in [0.25, 0.3) is 0 Å². The summed E-state index contributed by atoms with van der Waals surface area (Å²) in [4.78, 5) is 18.0. The van der Waals surface area contributed by atoms with Crippen LogP contribution in [-0.2, 0) is 21.4 Å². The largest absolute Gasteiger partial charge is 0.331 e. The summed E-state index contributed by atoms with van der Waals surface area (Å²) in [7, 11) is -3.55. The van der Waals surface area contributed by atoms with Crippen LogP contribution in [0.4, 0.5) is 5.69 Å². The number of aromatic nitrogens is 2. The fraction of sp³-hybridized carbons (Fsp3) is 0.364. The third-order valence-corrected chi connectivity index (χ3v) is 8.90. The molecule has 0 radical (unpaired) electrons. The van der Waals surface area contributed by atoms with Gasteiger partial charge >= 0.3 is 0 Å². The average Bonchev–Trinajstić information content (AvgIpc) is 3.38. The molecule has 1 atom stereocenters. The molecule has 1 aliphatic rings. The van der Waals surface area contributed by atoms with Gasteiger partial charge < -0.3 is 9.88 Å². The van der Waals surface area contributed by atoms with Crippen LogP contribution in [0.3, 0.4) is 0 Å². The maximum Gasteiger partial charge on any atom is 0.252 e. The van der Waals surface area contributed by atoms with Crippen molar-refractivity contribution in [2.45, 2.75) is 37.4 Å². The summed E-state index contributed by atoms with van der Waals surface area (Å²) < 4.78 is 29.7. The van der Waals surface area contributed by atoms with Crippen molar-refractivity contribution in [1.82, 2.24) is 13.9 Å². The topological polar surface area (TPSA) is 84.3 Å². The van der Waals surface area contributed by atoms with E-state index in [0.29, 0.717) is 29.3 Å². The Balaban J connectivity index is 1.38. The van der Waals surface area contributed by atoms with E-state index in [0.717, 1.165) is 22.8 Å². The average molecular weight is 459 g/mol. The molecule has 1 aromatic carbocycles. The summed E-state index contributed by atoms with van der Waals surface area (Å²) in [5, 5.41) is 2.95. The van der Waals surface area contributed by atoms with Gasteiger partial charge in [0, 0.05) is 42.6 Å². The van der Waals surface area contributed by atoms with Gasteiger partial charge in [-0.2, -0.15) is 4.31 Å². The van der Waals surface area contributed by atoms with Crippen LogP contribution in [0.5, 0.6) is 0 Å². The molecule has 1 amide bonds. The van der Waals surface area contributed by atoms with Gasteiger partial charge in [0.2, 0.25) is 5.91 Å². The molecule has 7 nitrogen and oxygen atoms in total. The Labute approximate surface area is 186 Å². The molecule has 3 heterocycles. The van der Waals surface area contributed by atoms with E-state index in [1.807, 2.05) is 50.4 Å². The van der Waals surface area contributed by atoms with Crippen molar-refractivity contribution in [3.8, 4) is 0 Å². The number of imidazole rings is 1. The van der Waals surface area contributed by atoms with Crippen LogP contribution in [0, 0.1) is 19.8 Å². The van der Waals surface area contributed by atoms with E-state index in [1.54, 1.807) is 12.3 Å². The molecule has 0 saturated carbocycles. The van der Waals surface area contributed by atoms with Gasteiger partial charge in [0.1, 0.15) is 10.0 Å². The molecule has 3 aromatic rings. The molecule has 9 heteroatoms. The van der Waals surface area contributed by atoms with Crippen molar-refractivity contribution in [3.63, 3.8) is 0 Å². The molecule has 0 aliphatic carbocycles. The second-order valence-electron chi connectivity index (χ2n) is 7.86. The molecule has 164 valence electrons. The Morgan fingerprint density at radius 3 is 2.61 bits per heavy atom. The Bertz CT molecular complexity index is 1170. The van der Waals surface area contributed by atoms with E-state index in [9.17, 15) is 13.2 Å². The van der Waals surface area contributed by atoms with Crippen LogP contribution in [0.1, 0.15) is 29.1 Å². The first-order valence-corrected chi connectivity index (χ1v) is 12.5. The molecule has 1 aliphatic heterocycles. The van der Waals surface area contributed by atoms with Gasteiger partial charge in [-0.25, -0.2) is 13.4 Å². The van der Waals surface area contributed by atoms with E-state index in [1.165, 1.54) is 15.6 Å². The second kappa shape index (κ2) is 8.94. The molecule has 0 bridgehead atoms. The number of hydrogen-bond donors (Lipinski definition) is 1. The number of hydrogen-bond acceptors (Lipinski definition) is 5. The smallest absolute Gasteiger partial charge is 0.252 e. The minimum Gasteiger partial charge on any atom is -0.331 e. The summed E-state index contributed by atoms with van der Waals surface area (Å²) in [5.41, 5.74) is 1.82. The number of rotatable bonds is 6. The number of piperidine rings is 1. The lowest BCUT2D eigenvalue weighted by Crippen LogP contribution is -2.43. The lowest BCUT2D eigenvalue weighted by Gasteiger charge is -2.30. The van der Waals surface area contributed by atoms with Gasteiger partial charge in [-0.3, -0.25) is 4.79 Å². The highest BCUT2D eigenvalue weighted by Gasteiger charge is 2.34. The quantitative estimate of drug-likeness (QED) is 0.611. The maximum atomic E-state index is 12.9. The highest BCUT2D eigenvalue weighted by Crippen LogP contribution is 2.28. The summed E-state index contributed by atoms with van der Waals surface area (Å²) in [6, 6.07) is 11.2. The van der Waals surface area contributed by atoms with Crippen molar-refractivity contribution in [3.05, 3.63) is 65.1 Å². The van der Waals surface area contributed by atoms with Crippen molar-refractivity contribution in [2.75, 3.05) is 18.4 Å². The van der Waals surface area contributed by atoms with Crippen LogP contribution in [-0.4, -0.2) is 41.3 Å². The normalized spacial score (nSPS) is 17.5. The summed E-state index contributed by atoms with van der Waals surface area (Å²) in [6.07, 6.45) is 5.06. The Morgan fingerprint density at radius 2 is 1.97 bits per heavy atom. The molecule has 4 rings (SSSR count). The molecular formula is C22H26N4O3S2. The highest BCUT2D eigenvalue weighted by atomic mass is 32.2. The predicted molar refractivity (Wildman–Crippen MR) is 122 cm³/mol. The molecular weight excluding hydrogens is 432 g/mol. The van der Waals surface area contributed by atoms with Crippen LogP contribution in [0.15, 0.2) is 53.0 Å². The summed E-state index contributed by atoms with van der Waals surface area (Å²) >= 11 is 1.27. The number of carbonyl (C=O) groups excluding carboxylic acids is 1. The van der Waals surface area contributed by atoms with Gasteiger partial charge in [0.15, 0.2) is 0 Å². The first kappa shape index (κ1) is 21.7. The number of benzene rings is 1. The second-order valence-corrected chi connectivity index (χ2v) is 11.3. The molecule has 2 aromatic heterocycles. The number of sulfonamides is 1. The van der Waals surface area contributed by atoms with Crippen molar-refractivity contribution in [2.24, 2.45) is 5.92 Å². The Kier molecular flexibility index (Phi) is 6.27. The van der Waals surface area contributed by atoms with Crippen LogP contribution < -0.4 is 5.32 Å². The SMILES string of the molecule is Cc1ccc(S(=O)(=O)N2CCCC(C(=O)Nc3ccc(Cn4ccnc4C)cc3)C2)s1. The highest BCUT2D eigenvalue weighted by molar-refractivity contribution is 7.91. The minimum atomic E-state index is -3.55. The van der Waals surface area contributed by atoms with Gasteiger partial charge in [-0.15, -0.1) is 11.3 Å². The number of nitrogens with one attached hydrogen (secondary N) is 1. The summed E-state index contributed by atoms with van der Waals surface area (Å²) in [6.45, 7) is 5.23. The zero-order valence-corrected chi connectivity index (χ0v) is 19.2. The molecule has 1 fully saturated rings. The third-order valence-electron chi connectivity index (χ3n) is 5.56. The summed E-state index contributed by atoms with van der Waals surface area (Å²) in [5.74, 6) is 0.449. The first-order valence-electron chi connectivity index (χ1n) is 10.3. The standard InChI is InChI=1S/C22H26N4O3S2/c1-16-5-10-21(30-16)31(28,29)26-12-3-4-19(15-26)22(27)24-20-8-6-18(7-9-20)14-25-13-11-23-17(25)2/h5-11,13,19H,3-4,12,14-15H2,1-2H3,(H,24,27). The van der Waals surface area contributed by atoms with Crippen molar-refractivity contribution < 1.29 is 13.2 Å². The molecule has 1 N–H and O–H groups in total. The molecule has 31 heavy (non-hydrogen) atoms. The molecule has 1 saturated heterocycles. The van der Waals surface area contributed by atoms with E-state index >= 15 is 0 Å². The number of anilines is 1. The third kappa shape index (κ3) is 4.89. The van der Waals surface area contributed by atoms with Crippen molar-refractivity contribution >= 4 is 33.0 Å². The lowest BCUT2D eigenvalue weighted by atomic mass is 9.98. The number of amides is 1. The predicted octanol–water partition coefficient (Wildman–Crippen LogP) is 3.65. The number of thiophene rings is 1. The van der Waals surface area contributed by atoms with Crippen LogP contribution in [0.2, 0.25) is 0 Å². The van der Waals surface area contributed by atoms with Gasteiger partial charge in [-0.1, -0.05) is 12.1 Å². The monoisotopic (exact) mass is 458 g/mol. The van der Waals surface area contributed by atoms with Gasteiger partial charge in [0.05, 0.1) is 5.92 Å². The zero-order chi connectivity index (χ0) is 22.0. The number of carbonyl (C=O) groups is 1. The van der Waals surface area contributed by atoms with E-state index < -0.39 is 10.0 Å². The number of nitrogens with zero attached hydrogens (tertiary/aromatic N) is 3. The van der Waals surface area contributed by atoms with Gasteiger partial charge in [-0.05, 0) is 56.5 Å². The Morgan fingerprint density at radius 1 is 1.19 bits per heavy atom. The van der Waals surface area contributed by atoms with E-state index in [4.69, 9.17) is 0 Å². The first-order chi connectivity index (χ1) is 14.8. The maximum absolute atomic E-state index is 12.9. The Hall–Kier alpha value is -2.49. The lowest BCUT2D eigenvalue weighted by molar-refractivity contribution is -0.120. The molecule has 1 unspecified atom stereocenters. The minimum absolute atomic E-state index is 0.138. The van der Waals surface area contributed by atoms with Gasteiger partial charge in [0.25, 0.3) is 10.0 Å². The molecule has 0 spiro atoms. The fourth-order valence-corrected chi connectivity index (χ4v) is 6.72. The van der Waals surface area contributed by atoms with E-state index in [-0.39, 0.29) is 18.4 Å². The van der Waals surface area contributed by atoms with Crippen LogP contribution >= 0.6 is 11.3 Å². The zero-order valence-electron chi connectivity index (χ0n) is 17.6. The fourth-order valence-electron chi connectivity index (χ4n) is 3.76. The van der Waals surface area contributed by atoms with E-state index in [2.05, 4.69) is 14.9 Å².